The average molecular weight is 192 g/mol. The first kappa shape index (κ1) is 10.6. The molecule has 3 nitrogen and oxygen atoms in total. The predicted molar refractivity (Wildman–Crippen MR) is 59.2 cm³/mol. The van der Waals surface area contributed by atoms with Crippen LogP contribution in [-0.2, 0) is 11.2 Å². The maximum atomic E-state index is 11.2. The third-order valence-electron chi connectivity index (χ3n) is 2.26. The number of hydrogen-bond acceptors (Lipinski definition) is 2. The van der Waals surface area contributed by atoms with E-state index in [2.05, 4.69) is 5.32 Å². The van der Waals surface area contributed by atoms with Crippen molar-refractivity contribution in [1.29, 1.82) is 0 Å². The first-order chi connectivity index (χ1) is 6.25. The molecule has 0 saturated carbocycles. The van der Waals surface area contributed by atoms with E-state index in [1.54, 1.807) is 0 Å². The maximum Gasteiger partial charge on any atom is 0.224 e. The summed E-state index contributed by atoms with van der Waals surface area (Å²) in [6, 6.07) is 5.67. The molecule has 1 aromatic rings. The minimum absolute atomic E-state index is 0. The minimum Gasteiger partial charge on any atom is -0.399 e. The number of hydrogen-bond donors (Lipinski definition) is 2. The highest BCUT2D eigenvalue weighted by Crippen LogP contribution is 2.23. The topological polar surface area (TPSA) is 55.1 Å². The van der Waals surface area contributed by atoms with Gasteiger partial charge in [-0.15, -0.1) is 0 Å². The lowest BCUT2D eigenvalue weighted by Gasteiger charge is -2.06. The summed E-state index contributed by atoms with van der Waals surface area (Å²) in [4.78, 5) is 11.2. The van der Waals surface area contributed by atoms with Gasteiger partial charge in [0.15, 0.2) is 0 Å². The molecule has 1 aromatic carbocycles. The van der Waals surface area contributed by atoms with Gasteiger partial charge in [-0.25, -0.2) is 0 Å². The first-order valence-corrected chi connectivity index (χ1v) is 4.44. The van der Waals surface area contributed by atoms with Crippen molar-refractivity contribution in [3.63, 3.8) is 0 Å². The van der Waals surface area contributed by atoms with Gasteiger partial charge in [0, 0.05) is 17.8 Å². The SMILES string of the molecule is C.Nc1ccc2c(c1)NC(=O)CCC2. The fourth-order valence-electron chi connectivity index (χ4n) is 1.58. The molecule has 0 unspecified atom stereocenters. The first-order valence-electron chi connectivity index (χ1n) is 4.44. The van der Waals surface area contributed by atoms with E-state index >= 15 is 0 Å². The average Bonchev–Trinajstić information content (AvgIpc) is 2.25. The Morgan fingerprint density at radius 3 is 2.86 bits per heavy atom. The Bertz CT molecular complexity index is 347. The quantitative estimate of drug-likeness (QED) is 0.619. The van der Waals surface area contributed by atoms with Crippen molar-refractivity contribution >= 4 is 17.3 Å². The highest BCUT2D eigenvalue weighted by atomic mass is 16.1. The van der Waals surface area contributed by atoms with Gasteiger partial charge in [0.2, 0.25) is 5.91 Å². The number of nitrogen functional groups attached to an aromatic ring is 1. The van der Waals surface area contributed by atoms with Gasteiger partial charge in [-0.1, -0.05) is 13.5 Å². The number of carbonyl (C=O) groups is 1. The number of benzene rings is 1. The molecular weight excluding hydrogens is 176 g/mol. The van der Waals surface area contributed by atoms with Crippen LogP contribution in [0, 0.1) is 0 Å². The molecule has 1 heterocycles. The summed E-state index contributed by atoms with van der Waals surface area (Å²) in [6.45, 7) is 0. The lowest BCUT2D eigenvalue weighted by Crippen LogP contribution is -2.09. The molecule has 76 valence electrons. The fourth-order valence-corrected chi connectivity index (χ4v) is 1.58. The summed E-state index contributed by atoms with van der Waals surface area (Å²) in [6.07, 6.45) is 2.48. The fraction of sp³-hybridized carbons (Fsp3) is 0.364. The summed E-state index contributed by atoms with van der Waals surface area (Å²) < 4.78 is 0. The molecule has 0 bridgehead atoms. The molecule has 1 aliphatic heterocycles. The van der Waals surface area contributed by atoms with Crippen molar-refractivity contribution in [2.75, 3.05) is 11.1 Å². The number of fused-ring (bicyclic) bond motifs is 1. The highest BCUT2D eigenvalue weighted by molar-refractivity contribution is 5.92. The molecule has 1 aliphatic rings. The van der Waals surface area contributed by atoms with E-state index in [1.165, 1.54) is 5.56 Å². The third kappa shape index (κ3) is 2.05. The van der Waals surface area contributed by atoms with Crippen molar-refractivity contribution in [3.8, 4) is 0 Å². The van der Waals surface area contributed by atoms with E-state index in [0.717, 1.165) is 18.5 Å². The minimum atomic E-state index is 0. The zero-order chi connectivity index (χ0) is 9.26. The Hall–Kier alpha value is -1.51. The van der Waals surface area contributed by atoms with Crippen LogP contribution in [0.25, 0.3) is 0 Å². The van der Waals surface area contributed by atoms with Crippen LogP contribution in [0.1, 0.15) is 25.8 Å². The van der Waals surface area contributed by atoms with Gasteiger partial charge in [-0.05, 0) is 30.5 Å². The van der Waals surface area contributed by atoms with Crippen LogP contribution in [0.3, 0.4) is 0 Å². The van der Waals surface area contributed by atoms with E-state index in [0.29, 0.717) is 12.1 Å². The summed E-state index contributed by atoms with van der Waals surface area (Å²) in [5, 5.41) is 2.84. The van der Waals surface area contributed by atoms with Gasteiger partial charge in [0.1, 0.15) is 0 Å². The van der Waals surface area contributed by atoms with Crippen molar-refractivity contribution < 1.29 is 4.79 Å². The standard InChI is InChI=1S/C10H12N2O.CH4/c11-8-5-4-7-2-1-3-10(13)12-9(7)6-8;/h4-6H,1-3,11H2,(H,12,13);1H4. The number of nitrogens with one attached hydrogen (secondary N) is 1. The summed E-state index contributed by atoms with van der Waals surface area (Å²) in [5.74, 6) is 0.0874. The molecule has 2 rings (SSSR count). The van der Waals surface area contributed by atoms with E-state index in [9.17, 15) is 4.79 Å². The number of amides is 1. The number of anilines is 2. The molecule has 0 aliphatic carbocycles. The Morgan fingerprint density at radius 1 is 1.29 bits per heavy atom. The predicted octanol–water partition coefficient (Wildman–Crippen LogP) is 2.18. The number of aryl methyl sites for hydroxylation is 1. The number of carbonyl (C=O) groups excluding carboxylic acids is 1. The maximum absolute atomic E-state index is 11.2. The van der Waals surface area contributed by atoms with E-state index < -0.39 is 0 Å². The zero-order valence-corrected chi connectivity index (χ0v) is 7.34. The second-order valence-corrected chi connectivity index (χ2v) is 3.32. The van der Waals surface area contributed by atoms with Gasteiger partial charge >= 0.3 is 0 Å². The molecule has 0 fully saturated rings. The monoisotopic (exact) mass is 192 g/mol. The Morgan fingerprint density at radius 2 is 2.07 bits per heavy atom. The Balaban J connectivity index is 0.000000980. The molecule has 0 saturated heterocycles. The Labute approximate surface area is 84.3 Å². The smallest absolute Gasteiger partial charge is 0.224 e. The van der Waals surface area contributed by atoms with Crippen LogP contribution < -0.4 is 11.1 Å². The second-order valence-electron chi connectivity index (χ2n) is 3.32. The van der Waals surface area contributed by atoms with Gasteiger partial charge in [-0.3, -0.25) is 4.79 Å². The zero-order valence-electron chi connectivity index (χ0n) is 7.34. The van der Waals surface area contributed by atoms with Gasteiger partial charge in [0.05, 0.1) is 0 Å². The molecule has 14 heavy (non-hydrogen) atoms. The normalized spacial score (nSPS) is 14.7. The van der Waals surface area contributed by atoms with Crippen LogP contribution in [0.2, 0.25) is 0 Å². The molecule has 0 atom stereocenters. The Kier molecular flexibility index (Phi) is 3.12. The van der Waals surface area contributed by atoms with E-state index in [4.69, 9.17) is 5.73 Å². The lowest BCUT2D eigenvalue weighted by atomic mass is 10.1. The third-order valence-corrected chi connectivity index (χ3v) is 2.26. The van der Waals surface area contributed by atoms with Crippen LogP contribution in [-0.4, -0.2) is 5.91 Å². The van der Waals surface area contributed by atoms with E-state index in [1.807, 2.05) is 18.2 Å². The molecule has 3 heteroatoms. The van der Waals surface area contributed by atoms with Crippen LogP contribution in [0.15, 0.2) is 18.2 Å². The molecule has 0 radical (unpaired) electrons. The molecule has 0 aromatic heterocycles. The van der Waals surface area contributed by atoms with Gasteiger partial charge in [0.25, 0.3) is 0 Å². The summed E-state index contributed by atoms with van der Waals surface area (Å²) in [7, 11) is 0. The summed E-state index contributed by atoms with van der Waals surface area (Å²) in [5.41, 5.74) is 8.38. The van der Waals surface area contributed by atoms with E-state index in [-0.39, 0.29) is 13.3 Å². The number of rotatable bonds is 0. The van der Waals surface area contributed by atoms with Crippen molar-refractivity contribution in [2.45, 2.75) is 26.7 Å². The number of nitrogens with two attached hydrogens (primary N) is 1. The largest absolute Gasteiger partial charge is 0.399 e. The van der Waals surface area contributed by atoms with Crippen LogP contribution >= 0.6 is 0 Å². The summed E-state index contributed by atoms with van der Waals surface area (Å²) >= 11 is 0. The molecule has 3 N–H and O–H groups in total. The van der Waals surface area contributed by atoms with Crippen molar-refractivity contribution in [1.82, 2.24) is 0 Å². The molecule has 0 spiro atoms. The highest BCUT2D eigenvalue weighted by Gasteiger charge is 2.11. The molecular formula is C11H16N2O. The van der Waals surface area contributed by atoms with Gasteiger partial charge in [-0.2, -0.15) is 0 Å². The second kappa shape index (κ2) is 4.13. The lowest BCUT2D eigenvalue weighted by molar-refractivity contribution is -0.116. The van der Waals surface area contributed by atoms with Crippen LogP contribution in [0.4, 0.5) is 11.4 Å². The molecule has 1 amide bonds. The van der Waals surface area contributed by atoms with Crippen molar-refractivity contribution in [2.24, 2.45) is 0 Å². The van der Waals surface area contributed by atoms with Crippen molar-refractivity contribution in [3.05, 3.63) is 23.8 Å². The van der Waals surface area contributed by atoms with Crippen LogP contribution in [0.5, 0.6) is 0 Å². The van der Waals surface area contributed by atoms with Gasteiger partial charge < -0.3 is 11.1 Å².